The maximum absolute atomic E-state index is 13.5. The summed E-state index contributed by atoms with van der Waals surface area (Å²) in [5.41, 5.74) is 2.19. The Morgan fingerprint density at radius 2 is 1.66 bits per heavy atom. The summed E-state index contributed by atoms with van der Waals surface area (Å²) in [5, 5.41) is 19.7. The molecular formula is C24H23F2N3O3. The van der Waals surface area contributed by atoms with E-state index in [0.29, 0.717) is 24.5 Å². The van der Waals surface area contributed by atoms with Gasteiger partial charge < -0.3 is 14.8 Å². The Labute approximate surface area is 184 Å². The maximum atomic E-state index is 13.5. The minimum absolute atomic E-state index is 0.190. The van der Waals surface area contributed by atoms with Gasteiger partial charge in [0.2, 0.25) is 5.78 Å². The monoisotopic (exact) mass is 439 g/mol. The van der Waals surface area contributed by atoms with Gasteiger partial charge in [0, 0.05) is 25.6 Å². The van der Waals surface area contributed by atoms with Crippen LogP contribution < -0.4 is 0 Å². The first kappa shape index (κ1) is 23.0. The van der Waals surface area contributed by atoms with Crippen molar-refractivity contribution in [1.29, 1.82) is 0 Å². The normalized spacial score (nSPS) is 12.1. The molecule has 0 radical (unpaired) electrons. The van der Waals surface area contributed by atoms with Crippen molar-refractivity contribution < 1.29 is 23.8 Å². The molecule has 0 saturated heterocycles. The van der Waals surface area contributed by atoms with Gasteiger partial charge in [0.25, 0.3) is 0 Å². The van der Waals surface area contributed by atoms with Crippen molar-refractivity contribution in [1.82, 2.24) is 9.55 Å². The first-order chi connectivity index (χ1) is 15.4. The van der Waals surface area contributed by atoms with E-state index in [9.17, 15) is 23.8 Å². The number of halogens is 2. The van der Waals surface area contributed by atoms with Crippen LogP contribution in [0.1, 0.15) is 35.0 Å². The van der Waals surface area contributed by atoms with Gasteiger partial charge >= 0.3 is 0 Å². The third kappa shape index (κ3) is 5.53. The van der Waals surface area contributed by atoms with Crippen molar-refractivity contribution >= 4 is 18.1 Å². The molecule has 2 aromatic carbocycles. The van der Waals surface area contributed by atoms with E-state index >= 15 is 0 Å². The number of aliphatic imine (C=N–C) groups is 1. The topological polar surface area (TPSA) is 87.7 Å². The van der Waals surface area contributed by atoms with Gasteiger partial charge in [-0.05, 0) is 41.8 Å². The number of allylic oxidation sites excluding steroid dienone is 1. The molecule has 0 atom stereocenters. The second-order valence-corrected chi connectivity index (χ2v) is 7.14. The van der Waals surface area contributed by atoms with Crippen LogP contribution in [0.2, 0.25) is 0 Å². The Kier molecular flexibility index (Phi) is 7.62. The lowest BCUT2D eigenvalue weighted by Gasteiger charge is -2.20. The van der Waals surface area contributed by atoms with Gasteiger partial charge in [0.15, 0.2) is 5.76 Å². The highest BCUT2D eigenvalue weighted by molar-refractivity contribution is 6.35. The molecule has 0 amide bonds. The molecule has 6 nitrogen and oxygen atoms in total. The summed E-state index contributed by atoms with van der Waals surface area (Å²) in [7, 11) is 1.42. The van der Waals surface area contributed by atoms with Crippen molar-refractivity contribution in [2.45, 2.75) is 25.5 Å². The summed E-state index contributed by atoms with van der Waals surface area (Å²) < 4.78 is 28.6. The summed E-state index contributed by atoms with van der Waals surface area (Å²) in [6, 6.07) is 12.2. The van der Waals surface area contributed by atoms with Crippen LogP contribution in [0.25, 0.3) is 6.08 Å². The Morgan fingerprint density at radius 3 is 2.16 bits per heavy atom. The lowest BCUT2D eigenvalue weighted by molar-refractivity contribution is -0.111. The average molecular weight is 439 g/mol. The highest BCUT2D eigenvalue weighted by atomic mass is 19.1. The predicted octanol–water partition coefficient (Wildman–Crippen LogP) is 4.04. The molecule has 0 aliphatic heterocycles. The zero-order valence-electron chi connectivity index (χ0n) is 17.4. The molecule has 166 valence electrons. The number of ketones is 1. The maximum Gasteiger partial charge on any atom is 0.237 e. The van der Waals surface area contributed by atoms with Gasteiger partial charge in [-0.1, -0.05) is 24.3 Å². The Balaban J connectivity index is 1.92. The zero-order chi connectivity index (χ0) is 23.1. The zero-order valence-corrected chi connectivity index (χ0v) is 17.4. The molecule has 3 rings (SSSR count). The van der Waals surface area contributed by atoms with Crippen LogP contribution in [0.4, 0.5) is 8.78 Å². The number of aliphatic hydroxyl groups excluding tert-OH is 2. The van der Waals surface area contributed by atoms with Crippen LogP contribution >= 0.6 is 0 Å². The number of aliphatic hydroxyl groups is 2. The SMILES string of the molecule is C/N=C\C(=O)/C(O)=C/c1ncc(CO)n1CCC(c1ccc(F)cc1)c1ccc(F)cc1. The van der Waals surface area contributed by atoms with Gasteiger partial charge in [-0.2, -0.15) is 0 Å². The number of nitrogens with zero attached hydrogens (tertiary/aromatic N) is 3. The lowest BCUT2D eigenvalue weighted by atomic mass is 9.88. The summed E-state index contributed by atoms with van der Waals surface area (Å²) in [6.07, 6.45) is 4.17. The highest BCUT2D eigenvalue weighted by Gasteiger charge is 2.18. The van der Waals surface area contributed by atoms with E-state index in [1.165, 1.54) is 43.6 Å². The summed E-state index contributed by atoms with van der Waals surface area (Å²) in [6.45, 7) is 0.0776. The van der Waals surface area contributed by atoms with E-state index in [1.807, 2.05) is 0 Å². The quantitative estimate of drug-likeness (QED) is 0.299. The first-order valence-electron chi connectivity index (χ1n) is 9.96. The van der Waals surface area contributed by atoms with Crippen molar-refractivity contribution in [3.8, 4) is 0 Å². The molecule has 0 aliphatic carbocycles. The number of rotatable bonds is 9. The molecule has 0 spiro atoms. The summed E-state index contributed by atoms with van der Waals surface area (Å²) >= 11 is 0. The summed E-state index contributed by atoms with van der Waals surface area (Å²) in [4.78, 5) is 19.6. The molecular weight excluding hydrogens is 416 g/mol. The predicted molar refractivity (Wildman–Crippen MR) is 117 cm³/mol. The molecule has 0 aliphatic rings. The Hall–Kier alpha value is -3.65. The van der Waals surface area contributed by atoms with E-state index in [4.69, 9.17) is 0 Å². The van der Waals surface area contributed by atoms with Crippen LogP contribution in [0.15, 0.2) is 65.5 Å². The van der Waals surface area contributed by atoms with Gasteiger partial charge in [-0.15, -0.1) is 0 Å². The fourth-order valence-electron chi connectivity index (χ4n) is 3.48. The van der Waals surface area contributed by atoms with Crippen LogP contribution in [-0.2, 0) is 17.9 Å². The molecule has 32 heavy (non-hydrogen) atoms. The minimum Gasteiger partial charge on any atom is -0.504 e. The average Bonchev–Trinajstić information content (AvgIpc) is 3.17. The number of carbonyl (C=O) groups is 1. The van der Waals surface area contributed by atoms with Gasteiger partial charge in [0.1, 0.15) is 17.5 Å². The van der Waals surface area contributed by atoms with Gasteiger partial charge in [-0.25, -0.2) is 13.8 Å². The van der Waals surface area contributed by atoms with Gasteiger partial charge in [-0.3, -0.25) is 9.79 Å². The van der Waals surface area contributed by atoms with Crippen LogP contribution in [0.5, 0.6) is 0 Å². The Morgan fingerprint density at radius 1 is 1.09 bits per heavy atom. The van der Waals surface area contributed by atoms with E-state index in [1.54, 1.807) is 28.8 Å². The van der Waals surface area contributed by atoms with E-state index < -0.39 is 11.5 Å². The molecule has 8 heteroatoms. The molecule has 0 saturated carbocycles. The second kappa shape index (κ2) is 10.6. The molecule has 0 bridgehead atoms. The van der Waals surface area contributed by atoms with Gasteiger partial charge in [0.05, 0.1) is 24.7 Å². The summed E-state index contributed by atoms with van der Waals surface area (Å²) in [5.74, 6) is -1.80. The van der Waals surface area contributed by atoms with Crippen LogP contribution in [0, 0.1) is 11.6 Å². The molecule has 0 fully saturated rings. The third-order valence-electron chi connectivity index (χ3n) is 5.08. The molecule has 3 aromatic rings. The van der Waals surface area contributed by atoms with E-state index in [2.05, 4.69) is 9.98 Å². The minimum atomic E-state index is -0.664. The number of benzene rings is 2. The van der Waals surface area contributed by atoms with Crippen LogP contribution in [-0.4, -0.2) is 38.8 Å². The molecule has 1 aromatic heterocycles. The van der Waals surface area contributed by atoms with E-state index in [0.717, 1.165) is 17.3 Å². The number of imidazole rings is 1. The number of carbonyl (C=O) groups excluding carboxylic acids is 1. The fraction of sp³-hybridized carbons (Fsp3) is 0.208. The second-order valence-electron chi connectivity index (χ2n) is 7.14. The fourth-order valence-corrected chi connectivity index (χ4v) is 3.48. The number of hydrogen-bond donors (Lipinski definition) is 2. The highest BCUT2D eigenvalue weighted by Crippen LogP contribution is 2.29. The number of hydrogen-bond acceptors (Lipinski definition) is 5. The third-order valence-corrected chi connectivity index (χ3v) is 5.08. The molecule has 0 unspecified atom stereocenters. The largest absolute Gasteiger partial charge is 0.504 e. The van der Waals surface area contributed by atoms with Crippen molar-refractivity contribution in [2.75, 3.05) is 7.05 Å². The van der Waals surface area contributed by atoms with Crippen molar-refractivity contribution in [3.05, 3.63) is 94.8 Å². The number of Topliss-reactive ketones (excluding diaryl/α,β-unsaturated/α-hetero) is 1. The molecule has 2 N–H and O–H groups in total. The molecule has 1 heterocycles. The number of aromatic nitrogens is 2. The van der Waals surface area contributed by atoms with Crippen molar-refractivity contribution in [3.63, 3.8) is 0 Å². The lowest BCUT2D eigenvalue weighted by Crippen LogP contribution is -2.11. The van der Waals surface area contributed by atoms with E-state index in [-0.39, 0.29) is 24.2 Å². The Bertz CT molecular complexity index is 1070. The smallest absolute Gasteiger partial charge is 0.237 e. The van der Waals surface area contributed by atoms with Crippen LogP contribution in [0.3, 0.4) is 0 Å². The van der Waals surface area contributed by atoms with Crippen molar-refractivity contribution in [2.24, 2.45) is 4.99 Å². The standard InChI is InChI=1S/C24H23F2N3O3/c1-27-14-23(32)22(31)12-24-28-13-20(15-30)29(24)11-10-21(16-2-6-18(25)7-3-16)17-4-8-19(26)9-5-17/h2-9,12-14,21,30-31H,10-11,15H2,1H3/b22-12-,27-14-. The first-order valence-corrected chi connectivity index (χ1v) is 9.96.